The second-order valence-corrected chi connectivity index (χ2v) is 5.44. The maximum absolute atomic E-state index is 12.5. The zero-order valence-corrected chi connectivity index (χ0v) is 14.0. The van der Waals surface area contributed by atoms with Crippen LogP contribution < -0.4 is 10.2 Å². The van der Waals surface area contributed by atoms with Crippen molar-refractivity contribution in [3.05, 3.63) is 35.7 Å². The van der Waals surface area contributed by atoms with Gasteiger partial charge in [-0.15, -0.1) is 5.10 Å². The molecule has 1 aromatic heterocycles. The molecule has 0 radical (unpaired) electrons. The number of amides is 1. The van der Waals surface area contributed by atoms with Crippen molar-refractivity contribution in [2.45, 2.75) is 32.9 Å². The van der Waals surface area contributed by atoms with Gasteiger partial charge in [0.05, 0.1) is 0 Å². The van der Waals surface area contributed by atoms with Gasteiger partial charge >= 0.3 is 6.18 Å². The lowest BCUT2D eigenvalue weighted by molar-refractivity contribution is -0.144. The minimum Gasteiger partial charge on any atom is -0.372 e. The van der Waals surface area contributed by atoms with Crippen LogP contribution in [0.25, 0.3) is 0 Å². The SMILES string of the molecule is CCCCN(CC)c1ccc(C(=O)Nc2n[nH]c(C(F)(F)F)n2)cc1. The normalized spacial score (nSPS) is 11.4. The van der Waals surface area contributed by atoms with E-state index in [0.717, 1.165) is 31.6 Å². The number of H-pyrrole nitrogens is 1. The van der Waals surface area contributed by atoms with Crippen molar-refractivity contribution in [3.63, 3.8) is 0 Å². The number of nitrogens with one attached hydrogen (secondary N) is 2. The van der Waals surface area contributed by atoms with E-state index >= 15 is 0 Å². The van der Waals surface area contributed by atoms with Gasteiger partial charge in [0.25, 0.3) is 5.91 Å². The van der Waals surface area contributed by atoms with Crippen LogP contribution in [-0.2, 0) is 6.18 Å². The van der Waals surface area contributed by atoms with E-state index in [2.05, 4.69) is 34.1 Å². The van der Waals surface area contributed by atoms with Crippen LogP contribution in [-0.4, -0.2) is 34.2 Å². The molecule has 0 atom stereocenters. The van der Waals surface area contributed by atoms with E-state index in [9.17, 15) is 18.0 Å². The number of benzene rings is 1. The van der Waals surface area contributed by atoms with Crippen LogP contribution in [0.5, 0.6) is 0 Å². The molecule has 25 heavy (non-hydrogen) atoms. The number of alkyl halides is 3. The van der Waals surface area contributed by atoms with Gasteiger partial charge in [0, 0.05) is 24.3 Å². The first-order chi connectivity index (χ1) is 11.8. The number of rotatable bonds is 7. The molecule has 0 aliphatic carbocycles. The molecule has 1 heterocycles. The van der Waals surface area contributed by atoms with E-state index in [4.69, 9.17) is 0 Å². The number of hydrogen-bond donors (Lipinski definition) is 2. The van der Waals surface area contributed by atoms with Crippen LogP contribution in [0.4, 0.5) is 24.8 Å². The number of anilines is 2. The maximum Gasteiger partial charge on any atom is 0.451 e. The third-order valence-electron chi connectivity index (χ3n) is 3.64. The predicted octanol–water partition coefficient (Wildman–Crippen LogP) is 3.70. The third kappa shape index (κ3) is 4.94. The number of nitrogens with zero attached hydrogens (tertiary/aromatic N) is 3. The number of hydrogen-bond acceptors (Lipinski definition) is 4. The molecule has 0 bridgehead atoms. The molecule has 9 heteroatoms. The molecule has 2 aromatic rings. The monoisotopic (exact) mass is 355 g/mol. The first-order valence-electron chi connectivity index (χ1n) is 8.01. The molecule has 1 amide bonds. The van der Waals surface area contributed by atoms with E-state index in [1.165, 1.54) is 0 Å². The summed E-state index contributed by atoms with van der Waals surface area (Å²) >= 11 is 0. The summed E-state index contributed by atoms with van der Waals surface area (Å²) in [6, 6.07) is 6.87. The molecule has 0 saturated carbocycles. The maximum atomic E-state index is 12.5. The summed E-state index contributed by atoms with van der Waals surface area (Å²) in [5.41, 5.74) is 1.30. The number of unbranched alkanes of at least 4 members (excludes halogenated alkanes) is 1. The summed E-state index contributed by atoms with van der Waals surface area (Å²) in [5.74, 6) is -2.25. The number of aromatic amines is 1. The van der Waals surface area contributed by atoms with Gasteiger partial charge < -0.3 is 4.90 Å². The molecule has 136 valence electrons. The smallest absolute Gasteiger partial charge is 0.372 e. The highest BCUT2D eigenvalue weighted by Gasteiger charge is 2.35. The van der Waals surface area contributed by atoms with Crippen LogP contribution >= 0.6 is 0 Å². The molecule has 0 spiro atoms. The van der Waals surface area contributed by atoms with Crippen LogP contribution in [0.15, 0.2) is 24.3 Å². The lowest BCUT2D eigenvalue weighted by Crippen LogP contribution is -2.23. The van der Waals surface area contributed by atoms with Gasteiger partial charge in [-0.05, 0) is 37.6 Å². The Morgan fingerprint density at radius 2 is 1.92 bits per heavy atom. The molecule has 0 unspecified atom stereocenters. The first-order valence-corrected chi connectivity index (χ1v) is 8.01. The summed E-state index contributed by atoms with van der Waals surface area (Å²) < 4.78 is 37.4. The Labute approximate surface area is 143 Å². The number of halogens is 3. The van der Waals surface area contributed by atoms with Crippen molar-refractivity contribution in [3.8, 4) is 0 Å². The summed E-state index contributed by atoms with van der Waals surface area (Å²) in [5, 5.41) is 7.33. The highest BCUT2D eigenvalue weighted by molar-refractivity contribution is 6.03. The average molecular weight is 355 g/mol. The Kier molecular flexibility index (Phi) is 6.00. The fourth-order valence-electron chi connectivity index (χ4n) is 2.26. The standard InChI is InChI=1S/C16H20F3N5O/c1-3-5-10-24(4-2)12-8-6-11(7-9-12)13(25)20-15-21-14(22-23-15)16(17,18)19/h6-9H,3-5,10H2,1-2H3,(H2,20,21,22,23,25). The summed E-state index contributed by atoms with van der Waals surface area (Å²) in [6.45, 7) is 5.95. The van der Waals surface area contributed by atoms with Crippen molar-refractivity contribution in [2.75, 3.05) is 23.3 Å². The van der Waals surface area contributed by atoms with E-state index < -0.39 is 23.9 Å². The highest BCUT2D eigenvalue weighted by Crippen LogP contribution is 2.26. The van der Waals surface area contributed by atoms with Gasteiger partial charge in [-0.1, -0.05) is 13.3 Å². The molecule has 6 nitrogen and oxygen atoms in total. The van der Waals surface area contributed by atoms with Crippen LogP contribution in [0.1, 0.15) is 42.9 Å². The minimum absolute atomic E-state index is 0.314. The van der Waals surface area contributed by atoms with Gasteiger partial charge in [-0.3, -0.25) is 15.2 Å². The number of aromatic nitrogens is 3. The van der Waals surface area contributed by atoms with E-state index in [1.54, 1.807) is 17.2 Å². The van der Waals surface area contributed by atoms with Crippen LogP contribution in [0, 0.1) is 0 Å². The molecular formula is C16H20F3N5O. The van der Waals surface area contributed by atoms with E-state index in [-0.39, 0.29) is 0 Å². The Morgan fingerprint density at radius 3 is 2.44 bits per heavy atom. The zero-order valence-electron chi connectivity index (χ0n) is 14.0. The average Bonchev–Trinajstić information content (AvgIpc) is 3.05. The van der Waals surface area contributed by atoms with Gasteiger partial charge in [0.1, 0.15) is 0 Å². The Morgan fingerprint density at radius 1 is 1.24 bits per heavy atom. The summed E-state index contributed by atoms with van der Waals surface area (Å²) in [7, 11) is 0. The quantitative estimate of drug-likeness (QED) is 0.794. The minimum atomic E-state index is -4.64. The Bertz CT molecular complexity index is 697. The summed E-state index contributed by atoms with van der Waals surface area (Å²) in [6.07, 6.45) is -2.48. The number of carbonyl (C=O) groups is 1. The Balaban J connectivity index is 2.03. The third-order valence-corrected chi connectivity index (χ3v) is 3.64. The zero-order chi connectivity index (χ0) is 18.4. The van der Waals surface area contributed by atoms with E-state index in [1.807, 2.05) is 12.1 Å². The molecule has 0 aliphatic heterocycles. The van der Waals surface area contributed by atoms with Crippen molar-refractivity contribution in [2.24, 2.45) is 0 Å². The molecule has 0 fully saturated rings. The largest absolute Gasteiger partial charge is 0.451 e. The van der Waals surface area contributed by atoms with Gasteiger partial charge in [-0.25, -0.2) is 0 Å². The molecule has 2 rings (SSSR count). The predicted molar refractivity (Wildman–Crippen MR) is 88.6 cm³/mol. The van der Waals surface area contributed by atoms with Gasteiger partial charge in [0.2, 0.25) is 11.8 Å². The lowest BCUT2D eigenvalue weighted by Gasteiger charge is -2.23. The van der Waals surface area contributed by atoms with Crippen molar-refractivity contribution < 1.29 is 18.0 Å². The van der Waals surface area contributed by atoms with Crippen LogP contribution in [0.2, 0.25) is 0 Å². The van der Waals surface area contributed by atoms with Crippen molar-refractivity contribution in [1.82, 2.24) is 15.2 Å². The van der Waals surface area contributed by atoms with Gasteiger partial charge in [0.15, 0.2) is 0 Å². The second-order valence-electron chi connectivity index (χ2n) is 5.44. The molecule has 0 aliphatic rings. The Hall–Kier alpha value is -2.58. The lowest BCUT2D eigenvalue weighted by atomic mass is 10.1. The topological polar surface area (TPSA) is 73.9 Å². The number of carbonyl (C=O) groups excluding carboxylic acids is 1. The molecular weight excluding hydrogens is 335 g/mol. The highest BCUT2D eigenvalue weighted by atomic mass is 19.4. The molecule has 2 N–H and O–H groups in total. The van der Waals surface area contributed by atoms with Gasteiger partial charge in [-0.2, -0.15) is 18.2 Å². The second kappa shape index (κ2) is 8.00. The fourth-order valence-corrected chi connectivity index (χ4v) is 2.26. The fraction of sp³-hybridized carbons (Fsp3) is 0.438. The molecule has 1 aromatic carbocycles. The molecule has 0 saturated heterocycles. The first kappa shape index (κ1) is 18.8. The van der Waals surface area contributed by atoms with Crippen molar-refractivity contribution in [1.29, 1.82) is 0 Å². The van der Waals surface area contributed by atoms with Crippen molar-refractivity contribution >= 4 is 17.5 Å². The van der Waals surface area contributed by atoms with E-state index in [0.29, 0.717) is 5.56 Å². The van der Waals surface area contributed by atoms with Crippen LogP contribution in [0.3, 0.4) is 0 Å². The summed E-state index contributed by atoms with van der Waals surface area (Å²) in [4.78, 5) is 17.5.